The fourth-order valence-corrected chi connectivity index (χ4v) is 2.59. The summed E-state index contributed by atoms with van der Waals surface area (Å²) in [5.41, 5.74) is 3.00. The number of hydrogen-bond acceptors (Lipinski definition) is 3. The third kappa shape index (κ3) is 2.42. The molecule has 3 aromatic rings. The molecule has 0 aliphatic rings. The van der Waals surface area contributed by atoms with Gasteiger partial charge in [-0.2, -0.15) is 0 Å². The van der Waals surface area contributed by atoms with Gasteiger partial charge in [-0.3, -0.25) is 4.98 Å². The average Bonchev–Trinajstić information content (AvgIpc) is 2.90. The normalized spacial score (nSPS) is 12.7. The zero-order valence-corrected chi connectivity index (χ0v) is 11.9. The highest BCUT2D eigenvalue weighted by molar-refractivity contribution is 6.29. The number of nitrogens with zero attached hydrogens (tertiary/aromatic N) is 1. The minimum absolute atomic E-state index is 0.0108. The van der Waals surface area contributed by atoms with Crippen LogP contribution in [0.2, 0.25) is 5.22 Å². The molecule has 1 unspecified atom stereocenters. The predicted molar refractivity (Wildman–Crippen MR) is 81.0 cm³/mol. The van der Waals surface area contributed by atoms with Gasteiger partial charge in [-0.1, -0.05) is 25.1 Å². The molecule has 2 heterocycles. The van der Waals surface area contributed by atoms with Crippen LogP contribution in [0.1, 0.15) is 24.1 Å². The zero-order chi connectivity index (χ0) is 13.9. The summed E-state index contributed by atoms with van der Waals surface area (Å²) in [5.74, 6) is 0. The van der Waals surface area contributed by atoms with E-state index in [1.54, 1.807) is 6.26 Å². The lowest BCUT2D eigenvalue weighted by Crippen LogP contribution is -2.22. The van der Waals surface area contributed by atoms with Crippen LogP contribution in [0.15, 0.2) is 53.3 Å². The monoisotopic (exact) mass is 286 g/mol. The Kier molecular flexibility index (Phi) is 3.72. The number of pyridine rings is 1. The minimum atomic E-state index is -0.0108. The highest BCUT2D eigenvalue weighted by Crippen LogP contribution is 2.30. The van der Waals surface area contributed by atoms with Crippen LogP contribution < -0.4 is 5.32 Å². The lowest BCUT2D eigenvalue weighted by Gasteiger charge is -2.17. The van der Waals surface area contributed by atoms with Crippen molar-refractivity contribution in [3.63, 3.8) is 0 Å². The first-order chi connectivity index (χ1) is 9.79. The molecule has 0 radical (unpaired) electrons. The van der Waals surface area contributed by atoms with Crippen LogP contribution in [0.4, 0.5) is 0 Å². The molecular formula is C16H15ClN2O. The van der Waals surface area contributed by atoms with E-state index in [9.17, 15) is 0 Å². The van der Waals surface area contributed by atoms with E-state index in [4.69, 9.17) is 16.0 Å². The molecule has 1 aromatic carbocycles. The fraction of sp³-hybridized carbons (Fsp3) is 0.188. The third-order valence-corrected chi connectivity index (χ3v) is 3.62. The van der Waals surface area contributed by atoms with Crippen molar-refractivity contribution < 1.29 is 4.42 Å². The Balaban J connectivity index is 2.07. The largest absolute Gasteiger partial charge is 0.453 e. The number of fused-ring (bicyclic) bond motifs is 1. The average molecular weight is 287 g/mol. The fourth-order valence-electron chi connectivity index (χ4n) is 2.37. The smallest absolute Gasteiger partial charge is 0.198 e. The van der Waals surface area contributed by atoms with E-state index in [0.717, 1.165) is 28.6 Å². The maximum Gasteiger partial charge on any atom is 0.198 e. The Labute approximate surface area is 122 Å². The maximum atomic E-state index is 6.11. The molecule has 0 aliphatic heterocycles. The minimum Gasteiger partial charge on any atom is -0.453 e. The highest BCUT2D eigenvalue weighted by Gasteiger charge is 2.18. The van der Waals surface area contributed by atoms with Crippen molar-refractivity contribution in [2.45, 2.75) is 13.0 Å². The van der Waals surface area contributed by atoms with E-state index in [2.05, 4.69) is 29.4 Å². The van der Waals surface area contributed by atoms with E-state index in [-0.39, 0.29) is 6.04 Å². The Hall–Kier alpha value is -1.84. The number of para-hydroxylation sites is 1. The molecule has 3 nitrogen and oxygen atoms in total. The SMILES string of the molecule is CCNC(c1cnc2ccccc2c1)c1ccoc1Cl. The Morgan fingerprint density at radius 2 is 2.15 bits per heavy atom. The number of nitrogens with one attached hydrogen (secondary N) is 1. The second-order valence-corrected chi connectivity index (χ2v) is 4.94. The van der Waals surface area contributed by atoms with Gasteiger partial charge in [0.2, 0.25) is 0 Å². The quantitative estimate of drug-likeness (QED) is 0.782. The lowest BCUT2D eigenvalue weighted by molar-refractivity contribution is 0.555. The number of aromatic nitrogens is 1. The Morgan fingerprint density at radius 3 is 2.90 bits per heavy atom. The van der Waals surface area contributed by atoms with E-state index in [1.807, 2.05) is 30.5 Å². The van der Waals surface area contributed by atoms with Gasteiger partial charge in [0.1, 0.15) is 0 Å². The highest BCUT2D eigenvalue weighted by atomic mass is 35.5. The van der Waals surface area contributed by atoms with Gasteiger partial charge >= 0.3 is 0 Å². The van der Waals surface area contributed by atoms with Gasteiger partial charge in [0.25, 0.3) is 0 Å². The lowest BCUT2D eigenvalue weighted by atomic mass is 10.0. The number of hydrogen-bond donors (Lipinski definition) is 1. The first-order valence-corrected chi connectivity index (χ1v) is 6.98. The van der Waals surface area contributed by atoms with E-state index < -0.39 is 0 Å². The van der Waals surface area contributed by atoms with Crippen LogP contribution in [0.25, 0.3) is 10.9 Å². The molecule has 102 valence electrons. The molecule has 2 aromatic heterocycles. The van der Waals surface area contributed by atoms with Crippen molar-refractivity contribution in [2.75, 3.05) is 6.54 Å². The molecule has 0 bridgehead atoms. The standard InChI is InChI=1S/C16H15ClN2O/c1-2-18-15(13-7-8-20-16(13)17)12-9-11-5-3-4-6-14(11)19-10-12/h3-10,15,18H,2H2,1H3. The summed E-state index contributed by atoms with van der Waals surface area (Å²) >= 11 is 6.11. The van der Waals surface area contributed by atoms with Gasteiger partial charge in [-0.25, -0.2) is 0 Å². The second-order valence-electron chi connectivity index (χ2n) is 4.60. The number of furan rings is 1. The van der Waals surface area contributed by atoms with Crippen molar-refractivity contribution in [3.8, 4) is 0 Å². The summed E-state index contributed by atoms with van der Waals surface area (Å²) < 4.78 is 5.21. The summed E-state index contributed by atoms with van der Waals surface area (Å²) in [7, 11) is 0. The topological polar surface area (TPSA) is 38.1 Å². The summed E-state index contributed by atoms with van der Waals surface area (Å²) in [6.07, 6.45) is 3.50. The molecule has 3 rings (SSSR count). The van der Waals surface area contributed by atoms with Crippen LogP contribution in [0, 0.1) is 0 Å². The second kappa shape index (κ2) is 5.65. The summed E-state index contributed by atoms with van der Waals surface area (Å²) in [6, 6.07) is 12.1. The third-order valence-electron chi connectivity index (χ3n) is 3.31. The summed E-state index contributed by atoms with van der Waals surface area (Å²) in [4.78, 5) is 4.51. The van der Waals surface area contributed by atoms with Crippen molar-refractivity contribution in [1.82, 2.24) is 10.3 Å². The first-order valence-electron chi connectivity index (χ1n) is 6.60. The van der Waals surface area contributed by atoms with Crippen molar-refractivity contribution in [2.24, 2.45) is 0 Å². The van der Waals surface area contributed by atoms with Gasteiger partial charge in [0.15, 0.2) is 5.22 Å². The van der Waals surface area contributed by atoms with Crippen LogP contribution >= 0.6 is 11.6 Å². The van der Waals surface area contributed by atoms with E-state index in [0.29, 0.717) is 5.22 Å². The van der Waals surface area contributed by atoms with Gasteiger partial charge in [-0.15, -0.1) is 0 Å². The van der Waals surface area contributed by atoms with E-state index >= 15 is 0 Å². The van der Waals surface area contributed by atoms with Crippen molar-refractivity contribution >= 4 is 22.5 Å². The molecule has 0 aliphatic carbocycles. The molecule has 1 N–H and O–H groups in total. The Bertz CT molecular complexity index is 723. The van der Waals surface area contributed by atoms with E-state index in [1.165, 1.54) is 0 Å². The molecule has 0 spiro atoms. The zero-order valence-electron chi connectivity index (χ0n) is 11.1. The van der Waals surface area contributed by atoms with Crippen LogP contribution in [0.5, 0.6) is 0 Å². The first kappa shape index (κ1) is 13.2. The summed E-state index contributed by atoms with van der Waals surface area (Å²) in [5, 5.41) is 4.96. The predicted octanol–water partition coefficient (Wildman–Crippen LogP) is 4.18. The van der Waals surface area contributed by atoms with Gasteiger partial charge < -0.3 is 9.73 Å². The molecular weight excluding hydrogens is 272 g/mol. The molecule has 1 atom stereocenters. The van der Waals surface area contributed by atoms with Gasteiger partial charge in [-0.05, 0) is 41.9 Å². The van der Waals surface area contributed by atoms with Crippen molar-refractivity contribution in [1.29, 1.82) is 0 Å². The molecule has 20 heavy (non-hydrogen) atoms. The van der Waals surface area contributed by atoms with Crippen LogP contribution in [-0.2, 0) is 0 Å². The number of halogens is 1. The summed E-state index contributed by atoms with van der Waals surface area (Å²) in [6.45, 7) is 2.90. The van der Waals surface area contributed by atoms with Crippen molar-refractivity contribution in [3.05, 3.63) is 65.2 Å². The number of benzene rings is 1. The molecule has 0 saturated heterocycles. The molecule has 4 heteroatoms. The molecule has 0 fully saturated rings. The number of rotatable bonds is 4. The molecule has 0 amide bonds. The molecule has 0 saturated carbocycles. The maximum absolute atomic E-state index is 6.11. The van der Waals surface area contributed by atoms with Crippen LogP contribution in [0.3, 0.4) is 0 Å². The van der Waals surface area contributed by atoms with Gasteiger partial charge in [0.05, 0.1) is 17.8 Å². The Morgan fingerprint density at radius 1 is 1.30 bits per heavy atom. The van der Waals surface area contributed by atoms with Gasteiger partial charge in [0, 0.05) is 17.1 Å². The van der Waals surface area contributed by atoms with Crippen LogP contribution in [-0.4, -0.2) is 11.5 Å².